The van der Waals surface area contributed by atoms with Crippen LogP contribution in [0, 0.1) is 0 Å². The van der Waals surface area contributed by atoms with E-state index in [1.807, 2.05) is 23.6 Å². The van der Waals surface area contributed by atoms with Crippen molar-refractivity contribution in [2.24, 2.45) is 0 Å². The molecule has 0 bridgehead atoms. The quantitative estimate of drug-likeness (QED) is 0.767. The number of benzene rings is 1. The second-order valence-electron chi connectivity index (χ2n) is 4.07. The molecule has 0 aliphatic heterocycles. The van der Waals surface area contributed by atoms with Gasteiger partial charge >= 0.3 is 5.97 Å². The first-order valence-electron chi connectivity index (χ1n) is 5.99. The average molecular weight is 356 g/mol. The Morgan fingerprint density at radius 1 is 1.40 bits per heavy atom. The predicted octanol–water partition coefficient (Wildman–Crippen LogP) is 3.69. The van der Waals surface area contributed by atoms with Crippen molar-refractivity contribution in [3.63, 3.8) is 0 Å². The summed E-state index contributed by atoms with van der Waals surface area (Å²) < 4.78 is 10.8. The Hall–Kier alpha value is -1.40. The van der Waals surface area contributed by atoms with Crippen LogP contribution >= 0.6 is 27.3 Å². The minimum atomic E-state index is -0.220. The van der Waals surface area contributed by atoms with Gasteiger partial charge in [0.1, 0.15) is 10.8 Å². The van der Waals surface area contributed by atoms with Crippen molar-refractivity contribution in [3.8, 4) is 16.3 Å². The first-order chi connectivity index (χ1) is 9.63. The minimum absolute atomic E-state index is 0.220. The van der Waals surface area contributed by atoms with E-state index in [1.165, 1.54) is 7.11 Å². The summed E-state index contributed by atoms with van der Waals surface area (Å²) in [5.41, 5.74) is 1.88. The molecule has 0 saturated heterocycles. The topological polar surface area (TPSA) is 48.4 Å². The maximum atomic E-state index is 11.1. The maximum Gasteiger partial charge on any atom is 0.305 e. The van der Waals surface area contributed by atoms with Crippen LogP contribution in [0.1, 0.15) is 12.1 Å². The van der Waals surface area contributed by atoms with Crippen molar-refractivity contribution < 1.29 is 14.3 Å². The molecule has 0 spiro atoms. The molecule has 6 heteroatoms. The van der Waals surface area contributed by atoms with E-state index in [0.717, 1.165) is 26.5 Å². The van der Waals surface area contributed by atoms with Crippen LogP contribution in [0.5, 0.6) is 5.75 Å². The van der Waals surface area contributed by atoms with Gasteiger partial charge in [0.2, 0.25) is 0 Å². The Kier molecular flexibility index (Phi) is 5.14. The van der Waals surface area contributed by atoms with Crippen LogP contribution in [0.4, 0.5) is 0 Å². The van der Waals surface area contributed by atoms with Crippen molar-refractivity contribution in [3.05, 3.63) is 33.7 Å². The lowest BCUT2D eigenvalue weighted by molar-refractivity contribution is -0.140. The molecule has 20 heavy (non-hydrogen) atoms. The van der Waals surface area contributed by atoms with E-state index < -0.39 is 0 Å². The van der Waals surface area contributed by atoms with Crippen LogP contribution in [-0.2, 0) is 16.0 Å². The normalized spacial score (nSPS) is 10.3. The van der Waals surface area contributed by atoms with E-state index in [9.17, 15) is 4.79 Å². The summed E-state index contributed by atoms with van der Waals surface area (Å²) in [6.45, 7) is 0. The van der Waals surface area contributed by atoms with Crippen molar-refractivity contribution in [1.29, 1.82) is 0 Å². The van der Waals surface area contributed by atoms with Crippen molar-refractivity contribution >= 4 is 33.2 Å². The van der Waals surface area contributed by atoms with Gasteiger partial charge in [-0.1, -0.05) is 15.9 Å². The number of methoxy groups -OCH3 is 2. The van der Waals surface area contributed by atoms with Crippen molar-refractivity contribution in [2.75, 3.05) is 14.2 Å². The number of esters is 1. The third-order valence-corrected chi connectivity index (χ3v) is 4.38. The van der Waals surface area contributed by atoms with E-state index >= 15 is 0 Å². The molecule has 0 aliphatic carbocycles. The number of nitrogens with zero attached hydrogens (tertiary/aromatic N) is 1. The molecule has 0 radical (unpaired) electrons. The summed E-state index contributed by atoms with van der Waals surface area (Å²) in [6.07, 6.45) is 0.934. The van der Waals surface area contributed by atoms with Gasteiger partial charge in [0, 0.05) is 21.8 Å². The Bertz CT molecular complexity index is 612. The molecular formula is C14H14BrNO3S. The monoisotopic (exact) mass is 355 g/mol. The molecule has 1 heterocycles. The lowest BCUT2D eigenvalue weighted by atomic mass is 10.2. The molecule has 0 N–H and O–H groups in total. The summed E-state index contributed by atoms with van der Waals surface area (Å²) in [5, 5.41) is 2.86. The number of halogens is 1. The SMILES string of the molecule is COC(=O)CCc1csc(-c2cc(OC)ccc2Br)n1. The van der Waals surface area contributed by atoms with Gasteiger partial charge in [0.25, 0.3) is 0 Å². The first-order valence-corrected chi connectivity index (χ1v) is 7.66. The molecular weight excluding hydrogens is 342 g/mol. The Morgan fingerprint density at radius 2 is 2.20 bits per heavy atom. The fourth-order valence-electron chi connectivity index (χ4n) is 1.67. The molecule has 0 fully saturated rings. The number of carbonyl (C=O) groups excluding carboxylic acids is 1. The molecule has 0 saturated carbocycles. The second kappa shape index (κ2) is 6.85. The molecule has 2 aromatic rings. The van der Waals surface area contributed by atoms with Crippen LogP contribution < -0.4 is 4.74 Å². The maximum absolute atomic E-state index is 11.1. The summed E-state index contributed by atoms with van der Waals surface area (Å²) in [6, 6.07) is 5.76. The lowest BCUT2D eigenvalue weighted by Gasteiger charge is -2.04. The van der Waals surface area contributed by atoms with Crippen molar-refractivity contribution in [1.82, 2.24) is 4.98 Å². The van der Waals surface area contributed by atoms with Crippen LogP contribution in [0.2, 0.25) is 0 Å². The lowest BCUT2D eigenvalue weighted by Crippen LogP contribution is -2.01. The highest BCUT2D eigenvalue weighted by atomic mass is 79.9. The number of aromatic nitrogens is 1. The minimum Gasteiger partial charge on any atom is -0.497 e. The fraction of sp³-hybridized carbons (Fsp3) is 0.286. The highest BCUT2D eigenvalue weighted by molar-refractivity contribution is 9.10. The third-order valence-electron chi connectivity index (χ3n) is 2.77. The zero-order valence-electron chi connectivity index (χ0n) is 11.2. The van der Waals surface area contributed by atoms with E-state index in [1.54, 1.807) is 18.4 Å². The number of ether oxygens (including phenoxy) is 2. The van der Waals surface area contributed by atoms with Crippen LogP contribution in [0.3, 0.4) is 0 Å². The molecule has 0 unspecified atom stereocenters. The smallest absolute Gasteiger partial charge is 0.305 e. The molecule has 0 atom stereocenters. The molecule has 1 aromatic heterocycles. The number of aryl methyl sites for hydroxylation is 1. The van der Waals surface area contributed by atoms with Gasteiger partial charge in [0.15, 0.2) is 0 Å². The highest BCUT2D eigenvalue weighted by Gasteiger charge is 2.11. The molecule has 4 nitrogen and oxygen atoms in total. The summed E-state index contributed by atoms with van der Waals surface area (Å²) in [4.78, 5) is 15.7. The summed E-state index contributed by atoms with van der Waals surface area (Å²) in [5.74, 6) is 0.566. The number of hydrogen-bond donors (Lipinski definition) is 0. The van der Waals surface area contributed by atoms with E-state index in [2.05, 4.69) is 25.7 Å². The third kappa shape index (κ3) is 3.58. The largest absolute Gasteiger partial charge is 0.497 e. The van der Waals surface area contributed by atoms with E-state index in [0.29, 0.717) is 12.8 Å². The first kappa shape index (κ1) is 15.0. The van der Waals surface area contributed by atoms with Gasteiger partial charge in [-0.15, -0.1) is 11.3 Å². The molecule has 106 valence electrons. The second-order valence-corrected chi connectivity index (χ2v) is 5.78. The summed E-state index contributed by atoms with van der Waals surface area (Å²) >= 11 is 5.06. The standard InChI is InChI=1S/C14H14BrNO3S/c1-18-10-4-5-12(15)11(7-10)14-16-9(8-20-14)3-6-13(17)19-2/h4-5,7-8H,3,6H2,1-2H3. The van der Waals surface area contributed by atoms with E-state index in [4.69, 9.17) is 4.74 Å². The molecule has 0 aliphatic rings. The zero-order valence-corrected chi connectivity index (χ0v) is 13.6. The van der Waals surface area contributed by atoms with Crippen molar-refractivity contribution in [2.45, 2.75) is 12.8 Å². The Balaban J connectivity index is 2.18. The molecule has 1 aromatic carbocycles. The van der Waals surface area contributed by atoms with Crippen LogP contribution in [0.25, 0.3) is 10.6 Å². The van der Waals surface area contributed by atoms with Crippen LogP contribution in [-0.4, -0.2) is 25.2 Å². The molecule has 0 amide bonds. The van der Waals surface area contributed by atoms with Gasteiger partial charge in [-0.05, 0) is 18.2 Å². The number of carbonyl (C=O) groups is 1. The number of rotatable bonds is 5. The van der Waals surface area contributed by atoms with Gasteiger partial charge in [0.05, 0.1) is 26.3 Å². The van der Waals surface area contributed by atoms with Gasteiger partial charge in [-0.3, -0.25) is 4.79 Å². The van der Waals surface area contributed by atoms with Crippen LogP contribution in [0.15, 0.2) is 28.1 Å². The van der Waals surface area contributed by atoms with Gasteiger partial charge in [-0.2, -0.15) is 0 Å². The Labute approximate surface area is 129 Å². The van der Waals surface area contributed by atoms with Gasteiger partial charge < -0.3 is 9.47 Å². The van der Waals surface area contributed by atoms with E-state index in [-0.39, 0.29) is 5.97 Å². The average Bonchev–Trinajstić information content (AvgIpc) is 2.94. The molecule has 2 rings (SSSR count). The highest BCUT2D eigenvalue weighted by Crippen LogP contribution is 2.33. The van der Waals surface area contributed by atoms with Gasteiger partial charge in [-0.25, -0.2) is 4.98 Å². The number of hydrogen-bond acceptors (Lipinski definition) is 5. The Morgan fingerprint density at radius 3 is 2.90 bits per heavy atom. The zero-order chi connectivity index (χ0) is 14.5. The fourth-order valence-corrected chi connectivity index (χ4v) is 3.12. The number of thiazole rings is 1. The predicted molar refractivity (Wildman–Crippen MR) is 82.1 cm³/mol. The summed E-state index contributed by atoms with van der Waals surface area (Å²) in [7, 11) is 3.03.